The highest BCUT2D eigenvalue weighted by molar-refractivity contribution is 5.57. The summed E-state index contributed by atoms with van der Waals surface area (Å²) in [5.41, 5.74) is 1.79. The number of allylic oxidation sites excluding steroid dienone is 1. The van der Waals surface area contributed by atoms with E-state index in [1.807, 2.05) is 67.6 Å². The van der Waals surface area contributed by atoms with Crippen molar-refractivity contribution in [3.63, 3.8) is 0 Å². The summed E-state index contributed by atoms with van der Waals surface area (Å²) in [6.07, 6.45) is 2.64. The van der Waals surface area contributed by atoms with Gasteiger partial charge in [-0.05, 0) is 42.3 Å². The lowest BCUT2D eigenvalue weighted by Crippen LogP contribution is -1.84. The maximum atomic E-state index is 8.89. The van der Waals surface area contributed by atoms with Crippen LogP contribution in [0.25, 0.3) is 6.08 Å². The van der Waals surface area contributed by atoms with Crippen molar-refractivity contribution in [1.82, 2.24) is 0 Å². The van der Waals surface area contributed by atoms with Crippen molar-refractivity contribution in [3.8, 4) is 17.6 Å². The van der Waals surface area contributed by atoms with Gasteiger partial charge in [-0.15, -0.1) is 0 Å². The summed E-state index contributed by atoms with van der Waals surface area (Å²) in [7, 11) is 0. The molecule has 94 valence electrons. The molecule has 0 saturated heterocycles. The molecule has 0 unspecified atom stereocenters. The van der Waals surface area contributed by atoms with Gasteiger partial charge in [-0.3, -0.25) is 0 Å². The summed E-state index contributed by atoms with van der Waals surface area (Å²) < 4.78 is 5.71. The molecule has 0 fully saturated rings. The summed E-state index contributed by atoms with van der Waals surface area (Å²) in [5, 5.41) is 8.89. The highest BCUT2D eigenvalue weighted by Gasteiger charge is 1.97. The summed E-state index contributed by atoms with van der Waals surface area (Å²) in [4.78, 5) is 0. The van der Waals surface area contributed by atoms with E-state index in [1.165, 1.54) is 0 Å². The van der Waals surface area contributed by atoms with Crippen LogP contribution in [0.2, 0.25) is 0 Å². The molecule has 2 aromatic carbocycles. The Morgan fingerprint density at radius 1 is 1.05 bits per heavy atom. The third-order valence-electron chi connectivity index (χ3n) is 2.72. The van der Waals surface area contributed by atoms with Crippen LogP contribution in [0.15, 0.2) is 60.2 Å². The SMILES string of the molecule is CC/C(C#N)=C/c1ccc(Oc2ccccc2)cc1. The fourth-order valence-corrected chi connectivity index (χ4v) is 1.67. The number of nitrogens with zero attached hydrogens (tertiary/aromatic N) is 1. The molecule has 0 atom stereocenters. The third-order valence-corrected chi connectivity index (χ3v) is 2.72. The van der Waals surface area contributed by atoms with Crippen LogP contribution in [0, 0.1) is 11.3 Å². The van der Waals surface area contributed by atoms with Crippen LogP contribution in [-0.2, 0) is 0 Å². The highest BCUT2D eigenvalue weighted by Crippen LogP contribution is 2.21. The molecule has 0 saturated carbocycles. The van der Waals surface area contributed by atoms with Crippen LogP contribution in [0.4, 0.5) is 0 Å². The molecule has 0 spiro atoms. The molecular formula is C17H15NO. The van der Waals surface area contributed by atoms with E-state index in [4.69, 9.17) is 10.00 Å². The maximum absolute atomic E-state index is 8.89. The van der Waals surface area contributed by atoms with Gasteiger partial charge in [0.15, 0.2) is 0 Å². The van der Waals surface area contributed by atoms with Crippen LogP contribution in [0.3, 0.4) is 0 Å². The Morgan fingerprint density at radius 2 is 1.68 bits per heavy atom. The second kappa shape index (κ2) is 6.42. The van der Waals surface area contributed by atoms with Gasteiger partial charge in [0.25, 0.3) is 0 Å². The molecule has 0 amide bonds. The van der Waals surface area contributed by atoms with Crippen molar-refractivity contribution >= 4 is 6.08 Å². The van der Waals surface area contributed by atoms with Gasteiger partial charge in [0.1, 0.15) is 11.5 Å². The number of ether oxygens (including phenoxy) is 1. The van der Waals surface area contributed by atoms with E-state index < -0.39 is 0 Å². The van der Waals surface area contributed by atoms with Gasteiger partial charge < -0.3 is 4.74 Å². The number of nitriles is 1. The minimum Gasteiger partial charge on any atom is -0.457 e. The number of rotatable bonds is 4. The van der Waals surface area contributed by atoms with E-state index in [1.54, 1.807) is 0 Å². The first-order valence-electron chi connectivity index (χ1n) is 6.25. The molecule has 2 rings (SSSR count). The Labute approximate surface area is 113 Å². The van der Waals surface area contributed by atoms with Crippen molar-refractivity contribution in [2.45, 2.75) is 13.3 Å². The van der Waals surface area contributed by atoms with E-state index in [-0.39, 0.29) is 0 Å². The first kappa shape index (κ1) is 12.9. The van der Waals surface area contributed by atoms with Gasteiger partial charge in [-0.1, -0.05) is 37.3 Å². The first-order chi connectivity index (χ1) is 9.31. The van der Waals surface area contributed by atoms with Gasteiger partial charge in [0.2, 0.25) is 0 Å². The number of para-hydroxylation sites is 1. The van der Waals surface area contributed by atoms with E-state index >= 15 is 0 Å². The Morgan fingerprint density at radius 3 is 2.26 bits per heavy atom. The van der Waals surface area contributed by atoms with Crippen molar-refractivity contribution in [3.05, 3.63) is 65.7 Å². The van der Waals surface area contributed by atoms with Gasteiger partial charge in [-0.2, -0.15) is 5.26 Å². The largest absolute Gasteiger partial charge is 0.457 e. The van der Waals surface area contributed by atoms with Crippen molar-refractivity contribution in [2.75, 3.05) is 0 Å². The predicted octanol–water partition coefficient (Wildman–Crippen LogP) is 4.80. The molecule has 0 bridgehead atoms. The van der Waals surface area contributed by atoms with Crippen LogP contribution >= 0.6 is 0 Å². The molecular weight excluding hydrogens is 234 g/mol. The molecule has 0 radical (unpaired) electrons. The second-order valence-corrected chi connectivity index (χ2v) is 4.12. The summed E-state index contributed by atoms with van der Waals surface area (Å²) in [6.45, 7) is 1.97. The average Bonchev–Trinajstić information content (AvgIpc) is 2.47. The topological polar surface area (TPSA) is 33.0 Å². The lowest BCUT2D eigenvalue weighted by atomic mass is 10.1. The standard InChI is InChI=1S/C17H15NO/c1-2-14(13-18)12-15-8-10-17(11-9-15)19-16-6-4-3-5-7-16/h3-12H,2H2,1H3/b14-12-. The Bertz CT molecular complexity index is 591. The van der Waals surface area contributed by atoms with Crippen molar-refractivity contribution in [1.29, 1.82) is 5.26 Å². The number of benzene rings is 2. The quantitative estimate of drug-likeness (QED) is 0.729. The lowest BCUT2D eigenvalue weighted by Gasteiger charge is -2.05. The van der Waals surface area contributed by atoms with Gasteiger partial charge in [0.05, 0.1) is 6.07 Å². The van der Waals surface area contributed by atoms with Crippen LogP contribution in [-0.4, -0.2) is 0 Å². The molecule has 19 heavy (non-hydrogen) atoms. The van der Waals surface area contributed by atoms with Crippen molar-refractivity contribution in [2.24, 2.45) is 0 Å². The molecule has 2 heteroatoms. The van der Waals surface area contributed by atoms with Crippen LogP contribution < -0.4 is 4.74 Å². The molecule has 0 heterocycles. The van der Waals surface area contributed by atoms with Crippen LogP contribution in [0.1, 0.15) is 18.9 Å². The predicted molar refractivity (Wildman–Crippen MR) is 76.8 cm³/mol. The maximum Gasteiger partial charge on any atom is 0.127 e. The van der Waals surface area contributed by atoms with E-state index in [2.05, 4.69) is 6.07 Å². The average molecular weight is 249 g/mol. The fourth-order valence-electron chi connectivity index (χ4n) is 1.67. The van der Waals surface area contributed by atoms with E-state index in [9.17, 15) is 0 Å². The monoisotopic (exact) mass is 249 g/mol. The summed E-state index contributed by atoms with van der Waals surface area (Å²) in [6, 6.07) is 19.6. The molecule has 2 nitrogen and oxygen atoms in total. The zero-order chi connectivity index (χ0) is 13.5. The summed E-state index contributed by atoms with van der Waals surface area (Å²) in [5.74, 6) is 1.61. The molecule has 0 aromatic heterocycles. The summed E-state index contributed by atoms with van der Waals surface area (Å²) >= 11 is 0. The van der Waals surface area contributed by atoms with E-state index in [0.29, 0.717) is 0 Å². The Kier molecular flexibility index (Phi) is 4.36. The Hall–Kier alpha value is -2.53. The Balaban J connectivity index is 2.11. The van der Waals surface area contributed by atoms with Gasteiger partial charge in [-0.25, -0.2) is 0 Å². The molecule has 0 aliphatic heterocycles. The third kappa shape index (κ3) is 3.72. The fraction of sp³-hybridized carbons (Fsp3) is 0.118. The minimum absolute atomic E-state index is 0.749. The smallest absolute Gasteiger partial charge is 0.127 e. The first-order valence-corrected chi connectivity index (χ1v) is 6.25. The number of hydrogen-bond donors (Lipinski definition) is 0. The molecule has 0 aliphatic carbocycles. The normalized spacial score (nSPS) is 10.8. The molecule has 2 aromatic rings. The zero-order valence-corrected chi connectivity index (χ0v) is 10.8. The zero-order valence-electron chi connectivity index (χ0n) is 10.8. The van der Waals surface area contributed by atoms with Crippen molar-refractivity contribution < 1.29 is 4.74 Å². The minimum atomic E-state index is 0.749. The molecule has 0 N–H and O–H groups in total. The molecule has 0 aliphatic rings. The van der Waals surface area contributed by atoms with Crippen LogP contribution in [0.5, 0.6) is 11.5 Å². The van der Waals surface area contributed by atoms with Gasteiger partial charge >= 0.3 is 0 Å². The number of hydrogen-bond acceptors (Lipinski definition) is 2. The lowest BCUT2D eigenvalue weighted by molar-refractivity contribution is 0.482. The van der Waals surface area contributed by atoms with E-state index in [0.717, 1.165) is 29.1 Å². The second-order valence-electron chi connectivity index (χ2n) is 4.12. The van der Waals surface area contributed by atoms with Gasteiger partial charge in [0, 0.05) is 5.57 Å². The highest BCUT2D eigenvalue weighted by atomic mass is 16.5.